The molecule has 1 heterocycles. The summed E-state index contributed by atoms with van der Waals surface area (Å²) < 4.78 is 0. The first kappa shape index (κ1) is 19.3. The van der Waals surface area contributed by atoms with E-state index in [1.807, 2.05) is 31.2 Å². The number of hydrogen-bond donors (Lipinski definition) is 3. The average Bonchev–Trinajstić information content (AvgIpc) is 2.85. The van der Waals surface area contributed by atoms with Gasteiger partial charge in [0.1, 0.15) is 0 Å². The van der Waals surface area contributed by atoms with Gasteiger partial charge in [-0.25, -0.2) is 0 Å². The minimum Gasteiger partial charge on any atom is -0.325 e. The van der Waals surface area contributed by atoms with Gasteiger partial charge in [-0.2, -0.15) is 0 Å². The third-order valence-corrected chi connectivity index (χ3v) is 5.90. The van der Waals surface area contributed by atoms with Gasteiger partial charge in [0.15, 0.2) is 0 Å². The fourth-order valence-corrected chi connectivity index (χ4v) is 4.01. The predicted molar refractivity (Wildman–Crippen MR) is 108 cm³/mol. The van der Waals surface area contributed by atoms with Crippen molar-refractivity contribution in [2.24, 2.45) is 0 Å². The van der Waals surface area contributed by atoms with Gasteiger partial charge in [0.05, 0.1) is 11.4 Å². The Morgan fingerprint density at radius 1 is 1.15 bits per heavy atom. The molecule has 1 aliphatic heterocycles. The van der Waals surface area contributed by atoms with Gasteiger partial charge in [-0.1, -0.05) is 17.7 Å². The Morgan fingerprint density at radius 3 is 2.70 bits per heavy atom. The number of carbonyl (C=O) groups is 3. The first-order chi connectivity index (χ1) is 13.0. The minimum atomic E-state index is -0.435. The normalized spacial score (nSPS) is 13.1. The Balaban J connectivity index is 1.52. The molecule has 0 atom stereocenters. The molecule has 0 aromatic heterocycles. The number of anilines is 1. The molecule has 0 bridgehead atoms. The summed E-state index contributed by atoms with van der Waals surface area (Å²) in [5, 5.41) is 2.79. The second kappa shape index (κ2) is 8.96. The summed E-state index contributed by atoms with van der Waals surface area (Å²) in [4.78, 5) is 37.8. The number of rotatable bonds is 4. The molecule has 6 nitrogen and oxygen atoms in total. The summed E-state index contributed by atoms with van der Waals surface area (Å²) >= 11 is 2.96. The van der Waals surface area contributed by atoms with Crippen LogP contribution in [0.5, 0.6) is 0 Å². The summed E-state index contributed by atoms with van der Waals surface area (Å²) in [7, 11) is 0. The summed E-state index contributed by atoms with van der Waals surface area (Å²) in [6, 6.07) is 13.0. The van der Waals surface area contributed by atoms with Crippen molar-refractivity contribution in [1.82, 2.24) is 10.9 Å². The molecule has 0 aliphatic carbocycles. The molecule has 8 heteroatoms. The Morgan fingerprint density at radius 2 is 1.93 bits per heavy atom. The van der Waals surface area contributed by atoms with E-state index in [2.05, 4.69) is 16.2 Å². The molecule has 0 fully saturated rings. The Hall–Kier alpha value is -2.45. The number of hydrogen-bond acceptors (Lipinski definition) is 5. The van der Waals surface area contributed by atoms with Gasteiger partial charge in [-0.05, 0) is 37.3 Å². The van der Waals surface area contributed by atoms with Crippen LogP contribution in [0.3, 0.4) is 0 Å². The summed E-state index contributed by atoms with van der Waals surface area (Å²) in [6.45, 7) is 2.00. The van der Waals surface area contributed by atoms with Crippen molar-refractivity contribution >= 4 is 46.9 Å². The average molecular weight is 402 g/mol. The zero-order valence-corrected chi connectivity index (χ0v) is 16.3. The van der Waals surface area contributed by atoms with Gasteiger partial charge in [0.2, 0.25) is 11.8 Å². The molecule has 2 aromatic carbocycles. The number of amides is 3. The van der Waals surface area contributed by atoms with E-state index in [9.17, 15) is 14.4 Å². The highest BCUT2D eigenvalue weighted by atomic mass is 32.2. The first-order valence-electron chi connectivity index (χ1n) is 8.36. The van der Waals surface area contributed by atoms with Crippen LogP contribution in [-0.4, -0.2) is 29.2 Å². The maximum Gasteiger partial charge on any atom is 0.269 e. The number of nitrogens with one attached hydrogen (secondary N) is 3. The van der Waals surface area contributed by atoms with Crippen LogP contribution in [0.25, 0.3) is 0 Å². The molecule has 1 aliphatic rings. The summed E-state index contributed by atoms with van der Waals surface area (Å²) in [6.07, 6.45) is 0.440. The van der Waals surface area contributed by atoms with E-state index in [-0.39, 0.29) is 17.6 Å². The highest BCUT2D eigenvalue weighted by Gasteiger charge is 2.16. The second-order valence-corrected chi connectivity index (χ2v) is 8.15. The molecule has 27 heavy (non-hydrogen) atoms. The fourth-order valence-electron chi connectivity index (χ4n) is 2.38. The Kier molecular flexibility index (Phi) is 6.41. The molecule has 3 N–H and O–H groups in total. The van der Waals surface area contributed by atoms with Crippen LogP contribution in [0.4, 0.5) is 5.69 Å². The van der Waals surface area contributed by atoms with Crippen LogP contribution in [0.15, 0.2) is 52.3 Å². The van der Waals surface area contributed by atoms with Crippen LogP contribution in [0.2, 0.25) is 0 Å². The van der Waals surface area contributed by atoms with Crippen LogP contribution >= 0.6 is 23.5 Å². The van der Waals surface area contributed by atoms with Crippen molar-refractivity contribution in [2.45, 2.75) is 23.1 Å². The first-order valence-corrected chi connectivity index (χ1v) is 10.3. The minimum absolute atomic E-state index is 0.0692. The van der Waals surface area contributed by atoms with Crippen LogP contribution in [0, 0.1) is 6.92 Å². The fraction of sp³-hybridized carbons (Fsp3) is 0.211. The van der Waals surface area contributed by atoms with Gasteiger partial charge in [-0.3, -0.25) is 25.2 Å². The van der Waals surface area contributed by atoms with E-state index in [1.54, 1.807) is 30.0 Å². The van der Waals surface area contributed by atoms with E-state index in [0.717, 1.165) is 15.4 Å². The van der Waals surface area contributed by atoms with Gasteiger partial charge in [0.25, 0.3) is 5.91 Å². The Bertz CT molecular complexity index is 869. The highest BCUT2D eigenvalue weighted by molar-refractivity contribution is 8.00. The van der Waals surface area contributed by atoms with E-state index in [4.69, 9.17) is 0 Å². The van der Waals surface area contributed by atoms with Crippen molar-refractivity contribution in [2.75, 3.05) is 16.8 Å². The molecule has 140 valence electrons. The molecule has 3 amide bonds. The van der Waals surface area contributed by atoms with E-state index < -0.39 is 5.91 Å². The molecular weight excluding hydrogens is 382 g/mol. The lowest BCUT2D eigenvalue weighted by atomic mass is 10.2. The maximum atomic E-state index is 12.3. The third kappa shape index (κ3) is 5.51. The lowest BCUT2D eigenvalue weighted by molar-refractivity contribution is -0.119. The zero-order valence-electron chi connectivity index (χ0n) is 14.7. The van der Waals surface area contributed by atoms with Crippen molar-refractivity contribution in [3.63, 3.8) is 0 Å². The van der Waals surface area contributed by atoms with Crippen molar-refractivity contribution in [3.8, 4) is 0 Å². The van der Waals surface area contributed by atoms with Crippen molar-refractivity contribution in [3.05, 3.63) is 53.6 Å². The second-order valence-electron chi connectivity index (χ2n) is 5.96. The van der Waals surface area contributed by atoms with Gasteiger partial charge in [0, 0.05) is 27.5 Å². The van der Waals surface area contributed by atoms with Crippen LogP contribution in [-0.2, 0) is 9.59 Å². The predicted octanol–water partition coefficient (Wildman–Crippen LogP) is 2.98. The maximum absolute atomic E-state index is 12.3. The molecule has 0 saturated carbocycles. The van der Waals surface area contributed by atoms with E-state index in [0.29, 0.717) is 23.4 Å². The number of thioether (sulfide) groups is 2. The number of fused-ring (bicyclic) bond motifs is 1. The molecule has 0 unspecified atom stereocenters. The monoisotopic (exact) mass is 401 g/mol. The molecule has 3 rings (SSSR count). The summed E-state index contributed by atoms with van der Waals surface area (Å²) in [5.41, 5.74) is 6.96. The highest BCUT2D eigenvalue weighted by Crippen LogP contribution is 2.31. The lowest BCUT2D eigenvalue weighted by Gasteiger charge is -2.10. The number of carbonyl (C=O) groups excluding carboxylic acids is 3. The van der Waals surface area contributed by atoms with Crippen LogP contribution in [0.1, 0.15) is 22.3 Å². The number of hydrazine groups is 1. The zero-order chi connectivity index (χ0) is 19.2. The third-order valence-electron chi connectivity index (χ3n) is 3.81. The summed E-state index contributed by atoms with van der Waals surface area (Å²) in [5.74, 6) is 0.0991. The number of benzene rings is 2. The van der Waals surface area contributed by atoms with Gasteiger partial charge in [-0.15, -0.1) is 23.5 Å². The standard InChI is InChI=1S/C19H19N3O3S2/c1-12-2-5-14(6-3-12)27-11-18(24)21-22-19(25)13-4-7-16-15(10-13)20-17(23)8-9-26-16/h2-7,10H,8-9,11H2,1H3,(H,20,23)(H,21,24)(H,22,25). The van der Waals surface area contributed by atoms with Crippen molar-refractivity contribution < 1.29 is 14.4 Å². The molecule has 0 spiro atoms. The van der Waals surface area contributed by atoms with E-state index >= 15 is 0 Å². The lowest BCUT2D eigenvalue weighted by Crippen LogP contribution is -2.42. The quantitative estimate of drug-likeness (QED) is 0.542. The smallest absolute Gasteiger partial charge is 0.269 e. The topological polar surface area (TPSA) is 87.3 Å². The molecular formula is C19H19N3O3S2. The molecule has 2 aromatic rings. The van der Waals surface area contributed by atoms with Crippen LogP contribution < -0.4 is 16.2 Å². The number of aryl methyl sites for hydroxylation is 1. The van der Waals surface area contributed by atoms with Gasteiger partial charge >= 0.3 is 0 Å². The molecule has 0 radical (unpaired) electrons. The van der Waals surface area contributed by atoms with E-state index in [1.165, 1.54) is 11.8 Å². The molecule has 0 saturated heterocycles. The SMILES string of the molecule is Cc1ccc(SCC(=O)NNC(=O)c2ccc3c(c2)NC(=O)CCS3)cc1. The largest absolute Gasteiger partial charge is 0.325 e. The Labute approximate surface area is 165 Å². The van der Waals surface area contributed by atoms with Gasteiger partial charge < -0.3 is 5.32 Å². The van der Waals surface area contributed by atoms with Crippen molar-refractivity contribution in [1.29, 1.82) is 0 Å².